The molecule has 7 heteroatoms. The Morgan fingerprint density at radius 1 is 1.35 bits per heavy atom. The number of carbonyl (C=O) groups excluding carboxylic acids is 1. The first kappa shape index (κ1) is 15.6. The molecule has 0 aliphatic rings. The second kappa shape index (κ2) is 7.22. The van der Waals surface area contributed by atoms with E-state index in [1.165, 1.54) is 31.2 Å². The minimum absolute atomic E-state index is 0.0122. The zero-order chi connectivity index (χ0) is 15.1. The number of rotatable bonds is 7. The van der Waals surface area contributed by atoms with E-state index in [1.807, 2.05) is 0 Å². The average molecular weight is 281 g/mol. The van der Waals surface area contributed by atoms with E-state index in [0.29, 0.717) is 5.56 Å². The van der Waals surface area contributed by atoms with Crippen LogP contribution in [0.3, 0.4) is 0 Å². The molecule has 0 saturated carbocycles. The summed E-state index contributed by atoms with van der Waals surface area (Å²) in [7, 11) is 0. The fourth-order valence-corrected chi connectivity index (χ4v) is 1.41. The van der Waals surface area contributed by atoms with Crippen LogP contribution < -0.4 is 0 Å². The lowest BCUT2D eigenvalue weighted by atomic mass is 10.1. The van der Waals surface area contributed by atoms with Gasteiger partial charge in [0.2, 0.25) is 0 Å². The van der Waals surface area contributed by atoms with Crippen LogP contribution in [0, 0.1) is 16.0 Å². The molecule has 1 atom stereocenters. The van der Waals surface area contributed by atoms with Crippen molar-refractivity contribution in [2.75, 3.05) is 0 Å². The molecule has 0 bridgehead atoms. The molecule has 0 unspecified atom stereocenters. The second-order valence-electron chi connectivity index (χ2n) is 4.36. The third kappa shape index (κ3) is 5.05. The first-order valence-corrected chi connectivity index (χ1v) is 6.02. The largest absolute Gasteiger partial charge is 0.481 e. The third-order valence-electron chi connectivity index (χ3n) is 2.75. The van der Waals surface area contributed by atoms with Crippen molar-refractivity contribution in [3.05, 3.63) is 39.9 Å². The van der Waals surface area contributed by atoms with Crippen LogP contribution in [0.1, 0.15) is 25.3 Å². The van der Waals surface area contributed by atoms with Crippen LogP contribution in [0.2, 0.25) is 0 Å². The summed E-state index contributed by atoms with van der Waals surface area (Å²) in [5, 5.41) is 19.1. The summed E-state index contributed by atoms with van der Waals surface area (Å²) in [5.41, 5.74) is 0.602. The van der Waals surface area contributed by atoms with Gasteiger partial charge in [-0.1, -0.05) is 6.92 Å². The number of nitro benzene ring substituents is 1. The molecule has 1 aromatic carbocycles. The number of carboxylic acid groups (broad SMARTS) is 1. The molecular weight excluding hydrogens is 266 g/mol. The van der Waals surface area contributed by atoms with Crippen molar-refractivity contribution in [3.63, 3.8) is 0 Å². The van der Waals surface area contributed by atoms with Crippen molar-refractivity contribution in [2.45, 2.75) is 26.4 Å². The van der Waals surface area contributed by atoms with E-state index in [4.69, 9.17) is 9.84 Å². The van der Waals surface area contributed by atoms with Crippen LogP contribution in [0.5, 0.6) is 0 Å². The molecule has 0 saturated heterocycles. The highest BCUT2D eigenvalue weighted by molar-refractivity contribution is 5.72. The topological polar surface area (TPSA) is 107 Å². The Hall–Kier alpha value is -2.44. The van der Waals surface area contributed by atoms with Gasteiger partial charge in [0.05, 0.1) is 10.8 Å². The van der Waals surface area contributed by atoms with Gasteiger partial charge in [-0.3, -0.25) is 19.7 Å². The Morgan fingerprint density at radius 3 is 2.45 bits per heavy atom. The zero-order valence-electron chi connectivity index (χ0n) is 10.9. The van der Waals surface area contributed by atoms with E-state index in [2.05, 4.69) is 0 Å². The van der Waals surface area contributed by atoms with E-state index < -0.39 is 22.8 Å². The number of carbonyl (C=O) groups is 2. The van der Waals surface area contributed by atoms with Gasteiger partial charge in [0.15, 0.2) is 0 Å². The van der Waals surface area contributed by atoms with Gasteiger partial charge in [0.25, 0.3) is 5.69 Å². The lowest BCUT2D eigenvalue weighted by Gasteiger charge is -2.07. The van der Waals surface area contributed by atoms with E-state index in [1.54, 1.807) is 0 Å². The van der Waals surface area contributed by atoms with Crippen LogP contribution in [0.15, 0.2) is 24.3 Å². The minimum Gasteiger partial charge on any atom is -0.481 e. The molecule has 20 heavy (non-hydrogen) atoms. The number of aliphatic carboxylic acids is 1. The van der Waals surface area contributed by atoms with Crippen molar-refractivity contribution in [2.24, 2.45) is 5.92 Å². The summed E-state index contributed by atoms with van der Waals surface area (Å²) in [4.78, 5) is 31.9. The standard InChI is InChI=1S/C13H15NO6/c1-9(13(16)17)2-7-12(15)20-8-10-3-5-11(6-4-10)14(18)19/h3-6,9H,2,7-8H2,1H3,(H,16,17)/t9-/m1/s1. The van der Waals surface area contributed by atoms with E-state index >= 15 is 0 Å². The third-order valence-corrected chi connectivity index (χ3v) is 2.75. The van der Waals surface area contributed by atoms with Crippen LogP contribution in [-0.2, 0) is 20.9 Å². The van der Waals surface area contributed by atoms with E-state index in [-0.39, 0.29) is 25.1 Å². The number of nitro groups is 1. The number of benzene rings is 1. The van der Waals surface area contributed by atoms with Gasteiger partial charge in [-0.05, 0) is 24.1 Å². The molecular formula is C13H15NO6. The van der Waals surface area contributed by atoms with E-state index in [0.717, 1.165) is 0 Å². The maximum absolute atomic E-state index is 11.4. The van der Waals surface area contributed by atoms with Gasteiger partial charge in [0.1, 0.15) is 6.61 Å². The Balaban J connectivity index is 2.37. The predicted molar refractivity (Wildman–Crippen MR) is 68.9 cm³/mol. The fraction of sp³-hybridized carbons (Fsp3) is 0.385. The summed E-state index contributed by atoms with van der Waals surface area (Å²) >= 11 is 0. The van der Waals surface area contributed by atoms with Crippen molar-refractivity contribution < 1.29 is 24.4 Å². The van der Waals surface area contributed by atoms with Crippen molar-refractivity contribution in [1.82, 2.24) is 0 Å². The van der Waals surface area contributed by atoms with Gasteiger partial charge in [0, 0.05) is 18.6 Å². The number of nitrogens with zero attached hydrogens (tertiary/aromatic N) is 1. The van der Waals surface area contributed by atoms with Gasteiger partial charge >= 0.3 is 11.9 Å². The molecule has 0 aliphatic carbocycles. The van der Waals surface area contributed by atoms with Crippen molar-refractivity contribution in [1.29, 1.82) is 0 Å². The molecule has 0 aliphatic heterocycles. The maximum Gasteiger partial charge on any atom is 0.306 e. The van der Waals surface area contributed by atoms with Gasteiger partial charge < -0.3 is 9.84 Å². The number of non-ortho nitro benzene ring substituents is 1. The maximum atomic E-state index is 11.4. The van der Waals surface area contributed by atoms with Crippen LogP contribution in [-0.4, -0.2) is 22.0 Å². The smallest absolute Gasteiger partial charge is 0.306 e. The summed E-state index contributed by atoms with van der Waals surface area (Å²) in [5.74, 6) is -2.04. The summed E-state index contributed by atoms with van der Waals surface area (Å²) in [6, 6.07) is 5.67. The molecule has 1 N–H and O–H groups in total. The normalized spacial score (nSPS) is 11.7. The second-order valence-corrected chi connectivity index (χ2v) is 4.36. The average Bonchev–Trinajstić information content (AvgIpc) is 2.42. The quantitative estimate of drug-likeness (QED) is 0.466. The summed E-state index contributed by atoms with van der Waals surface area (Å²) in [6.45, 7) is 1.53. The van der Waals surface area contributed by atoms with Crippen molar-refractivity contribution >= 4 is 17.6 Å². The highest BCUT2D eigenvalue weighted by Gasteiger charge is 2.13. The molecule has 0 spiro atoms. The lowest BCUT2D eigenvalue weighted by Crippen LogP contribution is -2.13. The zero-order valence-corrected chi connectivity index (χ0v) is 10.9. The molecule has 7 nitrogen and oxygen atoms in total. The number of carboxylic acids is 1. The van der Waals surface area contributed by atoms with Gasteiger partial charge in [-0.25, -0.2) is 0 Å². The molecule has 0 aromatic heterocycles. The molecule has 0 fully saturated rings. The lowest BCUT2D eigenvalue weighted by molar-refractivity contribution is -0.384. The molecule has 108 valence electrons. The number of esters is 1. The Morgan fingerprint density at radius 2 is 1.95 bits per heavy atom. The van der Waals surface area contributed by atoms with Gasteiger partial charge in [-0.15, -0.1) is 0 Å². The van der Waals surface area contributed by atoms with Crippen LogP contribution in [0.4, 0.5) is 5.69 Å². The molecule has 0 heterocycles. The fourth-order valence-electron chi connectivity index (χ4n) is 1.41. The highest BCUT2D eigenvalue weighted by atomic mass is 16.6. The minimum atomic E-state index is -0.951. The Bertz CT molecular complexity index is 496. The first-order valence-electron chi connectivity index (χ1n) is 6.02. The summed E-state index contributed by atoms with van der Waals surface area (Å²) < 4.78 is 4.96. The molecule has 1 rings (SSSR count). The molecule has 1 aromatic rings. The predicted octanol–water partition coefficient (Wildman–Crippen LogP) is 2.14. The monoisotopic (exact) mass is 281 g/mol. The highest BCUT2D eigenvalue weighted by Crippen LogP contribution is 2.13. The van der Waals surface area contributed by atoms with Gasteiger partial charge in [-0.2, -0.15) is 0 Å². The number of hydrogen-bond donors (Lipinski definition) is 1. The Labute approximate surface area is 115 Å². The van der Waals surface area contributed by atoms with Crippen LogP contribution >= 0.6 is 0 Å². The first-order chi connectivity index (χ1) is 9.40. The SMILES string of the molecule is C[C@H](CCC(=O)OCc1ccc([N+](=O)[O-])cc1)C(=O)O. The number of hydrogen-bond acceptors (Lipinski definition) is 5. The molecule has 0 radical (unpaired) electrons. The number of ether oxygens (including phenoxy) is 1. The van der Waals surface area contributed by atoms with E-state index in [9.17, 15) is 19.7 Å². The summed E-state index contributed by atoms with van der Waals surface area (Å²) in [6.07, 6.45) is 0.245. The molecule has 0 amide bonds. The van der Waals surface area contributed by atoms with Crippen molar-refractivity contribution in [3.8, 4) is 0 Å². The van der Waals surface area contributed by atoms with Crippen LogP contribution in [0.25, 0.3) is 0 Å². The Kier molecular flexibility index (Phi) is 5.64.